The summed E-state index contributed by atoms with van der Waals surface area (Å²) in [7, 11) is 1.20. The number of nitrogens with one attached hydrogen (secondary N) is 1. The number of carbonyl (C=O) groups is 1. The predicted octanol–water partition coefficient (Wildman–Crippen LogP) is 4.47. The fourth-order valence-electron chi connectivity index (χ4n) is 2.99. The topological polar surface area (TPSA) is 111 Å². The first kappa shape index (κ1) is 19.9. The molecule has 0 heterocycles. The molecule has 1 aliphatic rings. The van der Waals surface area contributed by atoms with Crippen LogP contribution in [0.3, 0.4) is 0 Å². The lowest BCUT2D eigenvalue weighted by atomic mass is 9.98. The third kappa shape index (κ3) is 7.38. The summed E-state index contributed by atoms with van der Waals surface area (Å²) < 4.78 is 4.59. The summed E-state index contributed by atoms with van der Waals surface area (Å²) in [6.45, 7) is 0. The van der Waals surface area contributed by atoms with Crippen LogP contribution in [0.2, 0.25) is 0 Å². The molecular formula is C17H27N5O2. The third-order valence-electron chi connectivity index (χ3n) is 4.33. The molecule has 1 rings (SSSR count). The molecule has 1 N–H and O–H groups in total. The lowest BCUT2D eigenvalue weighted by Gasteiger charge is -2.21. The molecule has 132 valence electrons. The average molecular weight is 333 g/mol. The smallest absolute Gasteiger partial charge is 0.350 e. The molecule has 7 nitrogen and oxygen atoms in total. The third-order valence-corrected chi connectivity index (χ3v) is 4.33. The molecule has 0 radical (unpaired) electrons. The molecule has 0 atom stereocenters. The monoisotopic (exact) mass is 333 g/mol. The Bertz CT molecular complexity index is 506. The van der Waals surface area contributed by atoms with E-state index < -0.39 is 5.97 Å². The van der Waals surface area contributed by atoms with Crippen LogP contribution in [-0.4, -0.2) is 19.1 Å². The molecule has 1 aliphatic carbocycles. The van der Waals surface area contributed by atoms with Crippen LogP contribution >= 0.6 is 0 Å². The van der Waals surface area contributed by atoms with Crippen molar-refractivity contribution in [3.05, 3.63) is 21.8 Å². The van der Waals surface area contributed by atoms with Crippen molar-refractivity contribution in [3.63, 3.8) is 0 Å². The maximum Gasteiger partial charge on any atom is 0.350 e. The maximum atomic E-state index is 11.7. The van der Waals surface area contributed by atoms with Crippen LogP contribution in [0.4, 0.5) is 0 Å². The quantitative estimate of drug-likeness (QED) is 0.204. The first-order valence-electron chi connectivity index (χ1n) is 8.77. The molecule has 0 amide bonds. The van der Waals surface area contributed by atoms with Gasteiger partial charge in [-0.25, -0.2) is 4.79 Å². The summed E-state index contributed by atoms with van der Waals surface area (Å²) >= 11 is 0. The van der Waals surface area contributed by atoms with Crippen molar-refractivity contribution in [2.45, 2.75) is 76.7 Å². The molecule has 0 aromatic heterocycles. The van der Waals surface area contributed by atoms with Crippen molar-refractivity contribution >= 4 is 5.97 Å². The first-order chi connectivity index (χ1) is 11.7. The molecule has 0 saturated heterocycles. The zero-order valence-electron chi connectivity index (χ0n) is 14.5. The van der Waals surface area contributed by atoms with E-state index in [1.807, 2.05) is 0 Å². The molecular weight excluding hydrogens is 306 g/mol. The summed E-state index contributed by atoms with van der Waals surface area (Å²) in [4.78, 5) is 14.4. The predicted molar refractivity (Wildman–Crippen MR) is 91.5 cm³/mol. The van der Waals surface area contributed by atoms with Crippen LogP contribution in [0.15, 0.2) is 16.5 Å². The zero-order valence-corrected chi connectivity index (χ0v) is 14.5. The van der Waals surface area contributed by atoms with Crippen molar-refractivity contribution in [3.8, 4) is 6.07 Å². The number of esters is 1. The number of hydrogen-bond acceptors (Lipinski definition) is 5. The van der Waals surface area contributed by atoms with Gasteiger partial charge in [0.05, 0.1) is 7.11 Å². The van der Waals surface area contributed by atoms with Crippen LogP contribution in [0, 0.1) is 11.3 Å². The van der Waals surface area contributed by atoms with Gasteiger partial charge in [0.1, 0.15) is 11.9 Å². The molecule has 1 fully saturated rings. The number of carbonyl (C=O) groups excluding carboxylic acids is 1. The number of hydrogen-bond donors (Lipinski definition) is 1. The van der Waals surface area contributed by atoms with Gasteiger partial charge in [0, 0.05) is 11.0 Å². The summed E-state index contributed by atoms with van der Waals surface area (Å²) in [5.74, 6) is -0.815. The van der Waals surface area contributed by atoms with E-state index in [4.69, 9.17) is 5.53 Å². The SMILES string of the molecule is COC(=O)/C(C#N)=C(/N=[N+]=[N-])NC1CCCCCCCCCCC1. The number of methoxy groups -OCH3 is 1. The van der Waals surface area contributed by atoms with Crippen LogP contribution in [0.1, 0.15) is 70.6 Å². The molecule has 0 aliphatic heterocycles. The Morgan fingerprint density at radius 1 is 1.12 bits per heavy atom. The standard InChI is InChI=1S/C17H27N5O2/c1-24-17(23)15(13-18)16(21-22-19)20-14-11-9-7-5-3-2-4-6-8-10-12-14/h14,20H,2-12H2,1H3/b16-15+. The minimum atomic E-state index is -0.791. The molecule has 0 unspecified atom stereocenters. The summed E-state index contributed by atoms with van der Waals surface area (Å²) in [6, 6.07) is 1.87. The highest BCUT2D eigenvalue weighted by Gasteiger charge is 2.18. The number of azide groups is 1. The van der Waals surface area contributed by atoms with Gasteiger partial charge in [-0.15, -0.1) is 0 Å². The first-order valence-corrected chi connectivity index (χ1v) is 8.77. The van der Waals surface area contributed by atoms with Crippen molar-refractivity contribution in [2.75, 3.05) is 7.11 Å². The van der Waals surface area contributed by atoms with Crippen LogP contribution in [-0.2, 0) is 9.53 Å². The van der Waals surface area contributed by atoms with Crippen molar-refractivity contribution < 1.29 is 9.53 Å². The van der Waals surface area contributed by atoms with Gasteiger partial charge in [-0.05, 0) is 23.5 Å². The largest absolute Gasteiger partial charge is 0.465 e. The number of rotatable bonds is 4. The minimum Gasteiger partial charge on any atom is -0.465 e. The van der Waals surface area contributed by atoms with Crippen LogP contribution in [0.25, 0.3) is 10.4 Å². The normalized spacial score (nSPS) is 18.7. The van der Waals surface area contributed by atoms with E-state index in [0.717, 1.165) is 25.7 Å². The van der Waals surface area contributed by atoms with E-state index in [1.165, 1.54) is 52.1 Å². The second-order valence-corrected chi connectivity index (χ2v) is 6.12. The number of nitrogens with zero attached hydrogens (tertiary/aromatic N) is 4. The maximum absolute atomic E-state index is 11.7. The van der Waals surface area contributed by atoms with E-state index in [9.17, 15) is 10.1 Å². The molecule has 24 heavy (non-hydrogen) atoms. The van der Waals surface area contributed by atoms with Gasteiger partial charge < -0.3 is 10.1 Å². The van der Waals surface area contributed by atoms with Gasteiger partial charge in [0.25, 0.3) is 0 Å². The minimum absolute atomic E-state index is 0.0241. The van der Waals surface area contributed by atoms with Gasteiger partial charge in [-0.3, -0.25) is 0 Å². The van der Waals surface area contributed by atoms with Crippen LogP contribution < -0.4 is 5.32 Å². The van der Waals surface area contributed by atoms with Gasteiger partial charge in [-0.2, -0.15) is 5.26 Å². The lowest BCUT2D eigenvalue weighted by molar-refractivity contribution is -0.135. The second kappa shape index (κ2) is 12.3. The number of nitriles is 1. The molecule has 0 aromatic rings. The highest BCUT2D eigenvalue weighted by atomic mass is 16.5. The second-order valence-electron chi connectivity index (χ2n) is 6.12. The molecule has 1 saturated carbocycles. The lowest BCUT2D eigenvalue weighted by Crippen LogP contribution is -2.30. The fourth-order valence-corrected chi connectivity index (χ4v) is 2.99. The zero-order chi connectivity index (χ0) is 17.6. The average Bonchev–Trinajstić information content (AvgIpc) is 2.57. The van der Waals surface area contributed by atoms with E-state index in [0.29, 0.717) is 0 Å². The van der Waals surface area contributed by atoms with E-state index >= 15 is 0 Å². The van der Waals surface area contributed by atoms with Crippen molar-refractivity contribution in [1.29, 1.82) is 5.26 Å². The Balaban J connectivity index is 2.83. The highest BCUT2D eigenvalue weighted by Crippen LogP contribution is 2.18. The summed E-state index contributed by atoms with van der Waals surface area (Å²) in [5, 5.41) is 15.8. The molecule has 0 aromatic carbocycles. The number of ether oxygens (including phenoxy) is 1. The molecule has 7 heteroatoms. The molecule has 0 spiro atoms. The Morgan fingerprint density at radius 2 is 1.62 bits per heavy atom. The van der Waals surface area contributed by atoms with E-state index in [-0.39, 0.29) is 17.4 Å². The Morgan fingerprint density at radius 3 is 2.04 bits per heavy atom. The van der Waals surface area contributed by atoms with Gasteiger partial charge >= 0.3 is 5.97 Å². The fraction of sp³-hybridized carbons (Fsp3) is 0.765. The van der Waals surface area contributed by atoms with Crippen molar-refractivity contribution in [1.82, 2.24) is 5.32 Å². The Kier molecular flexibility index (Phi) is 10.1. The highest BCUT2D eigenvalue weighted by molar-refractivity contribution is 5.93. The Labute approximate surface area is 143 Å². The van der Waals surface area contributed by atoms with E-state index in [2.05, 4.69) is 20.1 Å². The molecule has 0 bridgehead atoms. The van der Waals surface area contributed by atoms with E-state index in [1.54, 1.807) is 6.07 Å². The summed E-state index contributed by atoms with van der Waals surface area (Å²) in [6.07, 6.45) is 12.8. The van der Waals surface area contributed by atoms with Crippen LogP contribution in [0.5, 0.6) is 0 Å². The van der Waals surface area contributed by atoms with Gasteiger partial charge in [0.2, 0.25) is 0 Å². The van der Waals surface area contributed by atoms with Crippen molar-refractivity contribution in [2.24, 2.45) is 5.11 Å². The van der Waals surface area contributed by atoms with Gasteiger partial charge in [-0.1, -0.05) is 57.8 Å². The summed E-state index contributed by atoms with van der Waals surface area (Å²) in [5.41, 5.74) is 8.46. The van der Waals surface area contributed by atoms with Gasteiger partial charge in [0.15, 0.2) is 5.57 Å². The Hall–Kier alpha value is -2.19.